The lowest BCUT2D eigenvalue weighted by Gasteiger charge is -2.31. The highest BCUT2D eigenvalue weighted by molar-refractivity contribution is 6.30. The fraction of sp³-hybridized carbons (Fsp3) is 0.154. The van der Waals surface area contributed by atoms with E-state index in [0.29, 0.717) is 34.3 Å². The van der Waals surface area contributed by atoms with Gasteiger partial charge in [-0.1, -0.05) is 35.9 Å². The van der Waals surface area contributed by atoms with Crippen molar-refractivity contribution in [3.8, 4) is 5.75 Å². The zero-order valence-electron chi connectivity index (χ0n) is 17.5. The molecule has 166 valence electrons. The van der Waals surface area contributed by atoms with E-state index in [9.17, 15) is 14.0 Å². The van der Waals surface area contributed by atoms with Gasteiger partial charge in [-0.15, -0.1) is 0 Å². The summed E-state index contributed by atoms with van der Waals surface area (Å²) in [5.41, 5.74) is 3.26. The molecule has 0 N–H and O–H groups in total. The van der Waals surface area contributed by atoms with Crippen LogP contribution in [0, 0.1) is 5.82 Å². The molecule has 0 aromatic heterocycles. The summed E-state index contributed by atoms with van der Waals surface area (Å²) in [6, 6.07) is 20.4. The highest BCUT2D eigenvalue weighted by Crippen LogP contribution is 2.42. The summed E-state index contributed by atoms with van der Waals surface area (Å²) >= 11 is 6.01. The van der Waals surface area contributed by atoms with E-state index in [4.69, 9.17) is 21.1 Å². The summed E-state index contributed by atoms with van der Waals surface area (Å²) in [7, 11) is 0. The highest BCUT2D eigenvalue weighted by atomic mass is 35.5. The number of hydrogen-bond acceptors (Lipinski definition) is 4. The van der Waals surface area contributed by atoms with Gasteiger partial charge in [0.15, 0.2) is 0 Å². The quantitative estimate of drug-likeness (QED) is 0.476. The average molecular weight is 464 g/mol. The zero-order valence-corrected chi connectivity index (χ0v) is 18.2. The second-order valence-electron chi connectivity index (χ2n) is 7.89. The second kappa shape index (κ2) is 8.71. The highest BCUT2D eigenvalue weighted by Gasteiger charge is 2.42. The molecule has 5 nitrogen and oxygen atoms in total. The molecule has 0 radical (unpaired) electrons. The van der Waals surface area contributed by atoms with Crippen LogP contribution >= 0.6 is 11.6 Å². The molecule has 1 atom stereocenters. The van der Waals surface area contributed by atoms with Crippen molar-refractivity contribution >= 4 is 29.2 Å². The van der Waals surface area contributed by atoms with Crippen molar-refractivity contribution in [2.45, 2.75) is 18.9 Å². The van der Waals surface area contributed by atoms with Gasteiger partial charge in [-0.25, -0.2) is 9.18 Å². The minimum absolute atomic E-state index is 0.00854. The van der Waals surface area contributed by atoms with Crippen molar-refractivity contribution in [2.75, 3.05) is 11.5 Å². The first-order valence-electron chi connectivity index (χ1n) is 10.5. The number of ether oxygens (including phenoxy) is 2. The summed E-state index contributed by atoms with van der Waals surface area (Å²) in [5, 5.41) is 0.649. The van der Waals surface area contributed by atoms with Crippen molar-refractivity contribution in [3.63, 3.8) is 0 Å². The standard InChI is InChI=1S/C26H19ClFNO4/c27-18-3-1-2-16(12-18)14-32-21-10-4-17(5-11-21)22-13-24(30)29(20-8-6-19(28)7-9-20)23-15-33-26(31)25(22)23/h1-12,22H,13-15H2. The zero-order chi connectivity index (χ0) is 22.9. The number of halogens is 2. The topological polar surface area (TPSA) is 55.8 Å². The Labute approximate surface area is 195 Å². The Kier molecular flexibility index (Phi) is 5.60. The van der Waals surface area contributed by atoms with Crippen molar-refractivity contribution in [3.05, 3.63) is 106 Å². The van der Waals surface area contributed by atoms with E-state index in [1.165, 1.54) is 29.2 Å². The number of amides is 1. The SMILES string of the molecule is O=C1OCC2=C1C(c1ccc(OCc3cccc(Cl)c3)cc1)CC(=O)N2c1ccc(F)cc1. The summed E-state index contributed by atoms with van der Waals surface area (Å²) in [6.45, 7) is 0.380. The van der Waals surface area contributed by atoms with E-state index in [2.05, 4.69) is 0 Å². The predicted molar refractivity (Wildman–Crippen MR) is 121 cm³/mol. The molecule has 0 fully saturated rings. The number of nitrogens with zero attached hydrogens (tertiary/aromatic N) is 1. The first-order chi connectivity index (χ1) is 16.0. The molecule has 0 spiro atoms. The predicted octanol–water partition coefficient (Wildman–Crippen LogP) is 5.39. The molecule has 0 bridgehead atoms. The van der Waals surface area contributed by atoms with Gasteiger partial charge in [-0.3, -0.25) is 9.69 Å². The van der Waals surface area contributed by atoms with Gasteiger partial charge in [0.25, 0.3) is 0 Å². The lowest BCUT2D eigenvalue weighted by molar-refractivity contribution is -0.136. The Hall–Kier alpha value is -3.64. The molecule has 0 saturated heterocycles. The van der Waals surface area contributed by atoms with E-state index in [-0.39, 0.29) is 18.9 Å². The van der Waals surface area contributed by atoms with Crippen LogP contribution in [0.1, 0.15) is 23.5 Å². The maximum atomic E-state index is 13.4. The number of benzene rings is 3. The third-order valence-electron chi connectivity index (χ3n) is 5.78. The Morgan fingerprint density at radius 3 is 2.52 bits per heavy atom. The van der Waals surface area contributed by atoms with E-state index in [0.717, 1.165) is 11.1 Å². The molecule has 2 aliphatic heterocycles. The van der Waals surface area contributed by atoms with E-state index >= 15 is 0 Å². The van der Waals surface area contributed by atoms with E-state index in [1.54, 1.807) is 6.07 Å². The maximum absolute atomic E-state index is 13.4. The minimum atomic E-state index is -0.434. The molecular formula is C26H19ClFNO4. The van der Waals surface area contributed by atoms with Crippen LogP contribution in [0.2, 0.25) is 5.02 Å². The number of esters is 1. The summed E-state index contributed by atoms with van der Waals surface area (Å²) < 4.78 is 24.5. The number of carbonyl (C=O) groups excluding carboxylic acids is 2. The van der Waals surface area contributed by atoms with Crippen LogP contribution in [0.5, 0.6) is 5.75 Å². The molecule has 5 rings (SSSR count). The minimum Gasteiger partial charge on any atom is -0.489 e. The van der Waals surface area contributed by atoms with Crippen molar-refractivity contribution < 1.29 is 23.5 Å². The fourth-order valence-corrected chi connectivity index (χ4v) is 4.43. The molecule has 7 heteroatoms. The summed E-state index contributed by atoms with van der Waals surface area (Å²) in [4.78, 5) is 27.1. The summed E-state index contributed by atoms with van der Waals surface area (Å²) in [5.74, 6) is -0.759. The second-order valence-corrected chi connectivity index (χ2v) is 8.32. The van der Waals surface area contributed by atoms with E-state index in [1.807, 2.05) is 42.5 Å². The third-order valence-corrected chi connectivity index (χ3v) is 6.01. The number of cyclic esters (lactones) is 1. The number of carbonyl (C=O) groups is 2. The van der Waals surface area contributed by atoms with Crippen LogP contribution in [-0.2, 0) is 20.9 Å². The lowest BCUT2D eigenvalue weighted by atomic mass is 9.84. The van der Waals surface area contributed by atoms with Crippen molar-refractivity contribution in [1.82, 2.24) is 0 Å². The van der Waals surface area contributed by atoms with Crippen molar-refractivity contribution in [2.24, 2.45) is 0 Å². The van der Waals surface area contributed by atoms with Gasteiger partial charge in [0.2, 0.25) is 5.91 Å². The lowest BCUT2D eigenvalue weighted by Crippen LogP contribution is -2.37. The average Bonchev–Trinajstić information content (AvgIpc) is 3.20. The normalized spacial score (nSPS) is 17.8. The summed E-state index contributed by atoms with van der Waals surface area (Å²) in [6.07, 6.45) is 0.105. The van der Waals surface area contributed by atoms with Gasteiger partial charge < -0.3 is 9.47 Å². The Balaban J connectivity index is 1.39. The number of anilines is 1. The maximum Gasteiger partial charge on any atom is 0.336 e. The molecule has 33 heavy (non-hydrogen) atoms. The van der Waals surface area contributed by atoms with E-state index < -0.39 is 17.7 Å². The Morgan fingerprint density at radius 1 is 1.03 bits per heavy atom. The molecule has 2 heterocycles. The van der Waals surface area contributed by atoms with Crippen molar-refractivity contribution in [1.29, 1.82) is 0 Å². The molecule has 3 aromatic carbocycles. The van der Waals surface area contributed by atoms with Crippen LogP contribution in [-0.4, -0.2) is 18.5 Å². The Morgan fingerprint density at radius 2 is 1.79 bits per heavy atom. The smallest absolute Gasteiger partial charge is 0.336 e. The molecular weight excluding hydrogens is 445 g/mol. The molecule has 1 unspecified atom stereocenters. The molecule has 0 aliphatic carbocycles. The van der Waals surface area contributed by atoms with Gasteiger partial charge in [0.1, 0.15) is 24.8 Å². The van der Waals surface area contributed by atoms with Gasteiger partial charge >= 0.3 is 5.97 Å². The largest absolute Gasteiger partial charge is 0.489 e. The van der Waals surface area contributed by atoms with Gasteiger partial charge in [0, 0.05) is 23.0 Å². The fourth-order valence-electron chi connectivity index (χ4n) is 4.22. The molecule has 2 aliphatic rings. The third kappa shape index (κ3) is 4.22. The van der Waals surface area contributed by atoms with Crippen LogP contribution in [0.3, 0.4) is 0 Å². The van der Waals surface area contributed by atoms with Gasteiger partial charge in [-0.05, 0) is 59.7 Å². The number of rotatable bonds is 5. The molecule has 3 aromatic rings. The first kappa shape index (κ1) is 21.2. The Bertz CT molecular complexity index is 1250. The molecule has 0 saturated carbocycles. The van der Waals surface area contributed by atoms with Crippen LogP contribution in [0.25, 0.3) is 0 Å². The van der Waals surface area contributed by atoms with Crippen LogP contribution < -0.4 is 9.64 Å². The van der Waals surface area contributed by atoms with Crippen LogP contribution in [0.4, 0.5) is 10.1 Å². The monoisotopic (exact) mass is 463 g/mol. The molecule has 1 amide bonds. The number of hydrogen-bond donors (Lipinski definition) is 0. The van der Waals surface area contributed by atoms with Crippen LogP contribution in [0.15, 0.2) is 84.1 Å². The van der Waals surface area contributed by atoms with Gasteiger partial charge in [-0.2, -0.15) is 0 Å². The van der Waals surface area contributed by atoms with Gasteiger partial charge in [0.05, 0.1) is 11.3 Å². The first-order valence-corrected chi connectivity index (χ1v) is 10.8.